The lowest BCUT2D eigenvalue weighted by Crippen LogP contribution is -2.24. The van der Waals surface area contributed by atoms with Gasteiger partial charge in [-0.2, -0.15) is 0 Å². The number of amides is 1. The number of primary amides is 1. The van der Waals surface area contributed by atoms with Crippen LogP contribution < -0.4 is 16.4 Å². The Morgan fingerprint density at radius 2 is 2.04 bits per heavy atom. The molecule has 26 heavy (non-hydrogen) atoms. The maximum absolute atomic E-state index is 13.7. The molecule has 2 aromatic carbocycles. The predicted octanol–water partition coefficient (Wildman–Crippen LogP) is 3.15. The highest BCUT2D eigenvalue weighted by atomic mass is 19.1. The van der Waals surface area contributed by atoms with Crippen LogP contribution in [-0.2, 0) is 0 Å². The number of halogens is 1. The molecule has 0 fully saturated rings. The summed E-state index contributed by atoms with van der Waals surface area (Å²) >= 11 is 0. The molecule has 1 amide bonds. The topological polar surface area (TPSA) is 80.0 Å². The van der Waals surface area contributed by atoms with Gasteiger partial charge in [-0.05, 0) is 43.3 Å². The Balaban J connectivity index is 2.10. The third-order valence-electron chi connectivity index (χ3n) is 4.33. The molecular weight excluding hydrogens is 331 g/mol. The first-order valence-corrected chi connectivity index (χ1v) is 8.36. The average Bonchev–Trinajstić information content (AvgIpc) is 2.62. The molecule has 5 nitrogen and oxygen atoms in total. The molecule has 0 aliphatic heterocycles. The highest BCUT2D eigenvalue weighted by molar-refractivity contribution is 6.07. The minimum Gasteiger partial charge on any atom is -0.376 e. The number of benzene rings is 2. The Labute approximate surface area is 151 Å². The number of para-hydroxylation sites is 1. The molecule has 1 atom stereocenters. The van der Waals surface area contributed by atoms with Gasteiger partial charge in [-0.1, -0.05) is 24.3 Å². The van der Waals surface area contributed by atoms with Crippen LogP contribution in [0.2, 0.25) is 0 Å². The quantitative estimate of drug-likeness (QED) is 0.637. The van der Waals surface area contributed by atoms with Crippen LogP contribution in [0.1, 0.15) is 27.5 Å². The van der Waals surface area contributed by atoms with Gasteiger partial charge < -0.3 is 16.4 Å². The molecular formula is C20H21FN4O. The fourth-order valence-corrected chi connectivity index (χ4v) is 3.07. The van der Waals surface area contributed by atoms with Crippen LogP contribution in [0.4, 0.5) is 10.1 Å². The number of nitrogens with two attached hydrogens (primary N) is 1. The summed E-state index contributed by atoms with van der Waals surface area (Å²) in [6, 6.07) is 11.7. The van der Waals surface area contributed by atoms with Crippen molar-refractivity contribution in [3.8, 4) is 0 Å². The van der Waals surface area contributed by atoms with E-state index in [0.29, 0.717) is 17.6 Å². The first-order valence-electron chi connectivity index (χ1n) is 8.36. The lowest BCUT2D eigenvalue weighted by molar-refractivity contribution is 0.100. The summed E-state index contributed by atoms with van der Waals surface area (Å²) < 4.78 is 13.7. The number of anilines is 1. The summed E-state index contributed by atoms with van der Waals surface area (Å²) in [6.45, 7) is 2.54. The van der Waals surface area contributed by atoms with Gasteiger partial charge in [-0.3, -0.25) is 9.78 Å². The molecule has 1 heterocycles. The monoisotopic (exact) mass is 352 g/mol. The first-order chi connectivity index (χ1) is 12.5. The smallest absolute Gasteiger partial charge is 0.250 e. The van der Waals surface area contributed by atoms with E-state index in [1.807, 2.05) is 26.1 Å². The Bertz CT molecular complexity index is 958. The van der Waals surface area contributed by atoms with Crippen LogP contribution in [0, 0.1) is 12.7 Å². The normalized spacial score (nSPS) is 12.1. The van der Waals surface area contributed by atoms with Gasteiger partial charge in [0.2, 0.25) is 0 Å². The van der Waals surface area contributed by atoms with E-state index in [-0.39, 0.29) is 11.9 Å². The number of carbonyl (C=O) groups is 1. The zero-order valence-corrected chi connectivity index (χ0v) is 14.7. The maximum Gasteiger partial charge on any atom is 0.250 e. The number of nitrogens with zero attached hydrogens (tertiary/aromatic N) is 1. The number of fused-ring (bicyclic) bond motifs is 1. The molecule has 0 bridgehead atoms. The van der Waals surface area contributed by atoms with Crippen LogP contribution in [0.5, 0.6) is 0 Å². The second kappa shape index (κ2) is 7.49. The molecule has 1 aromatic heterocycles. The molecule has 0 aliphatic rings. The number of carbonyl (C=O) groups excluding carboxylic acids is 1. The van der Waals surface area contributed by atoms with Crippen LogP contribution >= 0.6 is 0 Å². The molecule has 3 rings (SSSR count). The number of pyridine rings is 1. The van der Waals surface area contributed by atoms with E-state index in [1.165, 1.54) is 12.1 Å². The van der Waals surface area contributed by atoms with Gasteiger partial charge >= 0.3 is 0 Å². The first kappa shape index (κ1) is 17.8. The third-order valence-corrected chi connectivity index (χ3v) is 4.33. The van der Waals surface area contributed by atoms with E-state index in [9.17, 15) is 9.18 Å². The zero-order chi connectivity index (χ0) is 18.7. The van der Waals surface area contributed by atoms with Gasteiger partial charge in [0.15, 0.2) is 0 Å². The Hall–Kier alpha value is -2.99. The van der Waals surface area contributed by atoms with Crippen LogP contribution in [0.15, 0.2) is 48.7 Å². The summed E-state index contributed by atoms with van der Waals surface area (Å²) in [5.41, 5.74) is 9.01. The van der Waals surface area contributed by atoms with Crippen molar-refractivity contribution in [1.82, 2.24) is 10.3 Å². The van der Waals surface area contributed by atoms with Crippen molar-refractivity contribution in [2.75, 3.05) is 18.9 Å². The number of likely N-dealkylation sites (N-methyl/N-ethyl adjacent to an activating group) is 1. The van der Waals surface area contributed by atoms with E-state index in [1.54, 1.807) is 24.4 Å². The zero-order valence-electron chi connectivity index (χ0n) is 14.7. The third kappa shape index (κ3) is 3.50. The second-order valence-corrected chi connectivity index (χ2v) is 6.19. The van der Waals surface area contributed by atoms with Crippen molar-refractivity contribution in [2.45, 2.75) is 13.0 Å². The van der Waals surface area contributed by atoms with Crippen molar-refractivity contribution in [2.24, 2.45) is 5.73 Å². The van der Waals surface area contributed by atoms with Crippen molar-refractivity contribution >= 4 is 22.5 Å². The summed E-state index contributed by atoms with van der Waals surface area (Å²) in [4.78, 5) is 16.1. The second-order valence-electron chi connectivity index (χ2n) is 6.19. The summed E-state index contributed by atoms with van der Waals surface area (Å²) in [6.07, 6.45) is 1.71. The number of hydrogen-bond donors (Lipinski definition) is 3. The van der Waals surface area contributed by atoms with Crippen molar-refractivity contribution < 1.29 is 9.18 Å². The van der Waals surface area contributed by atoms with Gasteiger partial charge in [0, 0.05) is 23.8 Å². The van der Waals surface area contributed by atoms with Crippen molar-refractivity contribution in [3.05, 3.63) is 71.2 Å². The molecule has 0 spiro atoms. The summed E-state index contributed by atoms with van der Waals surface area (Å²) in [5, 5.41) is 7.41. The molecule has 0 radical (unpaired) electrons. The minimum absolute atomic E-state index is 0.155. The van der Waals surface area contributed by atoms with E-state index < -0.39 is 5.91 Å². The number of hydrogen-bond acceptors (Lipinski definition) is 4. The molecule has 6 heteroatoms. The Kier molecular flexibility index (Phi) is 5.14. The van der Waals surface area contributed by atoms with Crippen molar-refractivity contribution in [1.29, 1.82) is 0 Å². The summed E-state index contributed by atoms with van der Waals surface area (Å²) in [5.74, 6) is -0.799. The van der Waals surface area contributed by atoms with E-state index in [2.05, 4.69) is 15.6 Å². The highest BCUT2D eigenvalue weighted by Gasteiger charge is 2.17. The lowest BCUT2D eigenvalue weighted by atomic mass is 10.0. The van der Waals surface area contributed by atoms with Crippen LogP contribution in [-0.4, -0.2) is 24.5 Å². The minimum atomic E-state index is -0.519. The number of aromatic nitrogens is 1. The van der Waals surface area contributed by atoms with E-state index in [4.69, 9.17) is 5.73 Å². The van der Waals surface area contributed by atoms with Gasteiger partial charge in [-0.25, -0.2) is 4.39 Å². The molecule has 3 aromatic rings. The van der Waals surface area contributed by atoms with E-state index >= 15 is 0 Å². The van der Waals surface area contributed by atoms with Gasteiger partial charge in [-0.15, -0.1) is 0 Å². The van der Waals surface area contributed by atoms with Crippen LogP contribution in [0.25, 0.3) is 10.9 Å². The number of nitrogens with one attached hydrogen (secondary N) is 2. The van der Waals surface area contributed by atoms with Gasteiger partial charge in [0.05, 0.1) is 17.1 Å². The Morgan fingerprint density at radius 3 is 2.73 bits per heavy atom. The molecule has 0 unspecified atom stereocenters. The highest BCUT2D eigenvalue weighted by Crippen LogP contribution is 2.30. The number of rotatable bonds is 6. The van der Waals surface area contributed by atoms with Crippen LogP contribution in [0.3, 0.4) is 0 Å². The molecule has 0 saturated carbocycles. The average molecular weight is 352 g/mol. The fraction of sp³-hybridized carbons (Fsp3) is 0.200. The fourth-order valence-electron chi connectivity index (χ4n) is 3.07. The molecule has 134 valence electrons. The van der Waals surface area contributed by atoms with E-state index in [0.717, 1.165) is 22.2 Å². The standard InChI is InChI=1S/C20H21FN4O/c1-12-10-24-19-15(7-4-8-16(19)20(22)26)18(12)25-17(11-23-2)13-5-3-6-14(21)9-13/h3-10,17,23H,11H2,1-2H3,(H2,22,26)(H,24,25)/t17-/m1/s1. The number of aryl methyl sites for hydroxylation is 1. The summed E-state index contributed by atoms with van der Waals surface area (Å²) in [7, 11) is 1.84. The lowest BCUT2D eigenvalue weighted by Gasteiger charge is -2.23. The van der Waals surface area contributed by atoms with Crippen molar-refractivity contribution in [3.63, 3.8) is 0 Å². The molecule has 0 saturated heterocycles. The molecule has 0 aliphatic carbocycles. The molecule has 4 N–H and O–H groups in total. The van der Waals surface area contributed by atoms with Gasteiger partial charge in [0.25, 0.3) is 5.91 Å². The van der Waals surface area contributed by atoms with Gasteiger partial charge in [0.1, 0.15) is 5.82 Å². The SMILES string of the molecule is CNC[C@@H](Nc1c(C)cnc2c(C(N)=O)cccc12)c1cccc(F)c1. The Morgan fingerprint density at radius 1 is 1.27 bits per heavy atom. The predicted molar refractivity (Wildman–Crippen MR) is 102 cm³/mol. The maximum atomic E-state index is 13.7. The largest absolute Gasteiger partial charge is 0.376 e.